The van der Waals surface area contributed by atoms with Gasteiger partial charge in [0.25, 0.3) is 0 Å². The molecule has 4 nitrogen and oxygen atoms in total. The van der Waals surface area contributed by atoms with Crippen molar-refractivity contribution in [2.24, 2.45) is 0 Å². The number of hydrogen-bond donors (Lipinski definition) is 0. The third-order valence-electron chi connectivity index (χ3n) is 3.94. The number of carbonyl (C=O) groups excluding carboxylic acids is 1. The molecule has 0 aromatic heterocycles. The average molecular weight is 447 g/mol. The molecule has 2 rings (SSSR count). The van der Waals surface area contributed by atoms with Crippen molar-refractivity contribution >= 4 is 22.1 Å². The predicted molar refractivity (Wildman–Crippen MR) is 97.1 cm³/mol. The zero-order chi connectivity index (χ0) is 20.2. The minimum absolute atomic E-state index is 0.269. The molecule has 0 fully saturated rings. The number of methoxy groups -OCH3 is 1. The van der Waals surface area contributed by atoms with E-state index in [1.54, 1.807) is 6.07 Å². The molecule has 0 aliphatic carbocycles. The highest BCUT2D eigenvalue weighted by molar-refractivity contribution is 9.10. The summed E-state index contributed by atoms with van der Waals surface area (Å²) in [6.07, 6.45) is -4.92. The highest BCUT2D eigenvalue weighted by Crippen LogP contribution is 2.37. The summed E-state index contributed by atoms with van der Waals surface area (Å²) >= 11 is 3.37. The molecule has 0 aliphatic heterocycles. The second-order valence-corrected chi connectivity index (χ2v) is 6.54. The molecule has 0 saturated heterocycles. The van der Waals surface area contributed by atoms with Gasteiger partial charge in [-0.15, -0.1) is 0 Å². The van der Waals surface area contributed by atoms with E-state index in [9.17, 15) is 18.0 Å². The molecule has 0 unspecified atom stereocenters. The van der Waals surface area contributed by atoms with Crippen molar-refractivity contribution in [1.82, 2.24) is 0 Å². The lowest BCUT2D eigenvalue weighted by molar-refractivity contribution is -0.138. The van der Waals surface area contributed by atoms with Crippen LogP contribution >= 0.6 is 15.9 Å². The maximum Gasteiger partial charge on any atom is 0.513 e. The van der Waals surface area contributed by atoms with Crippen molar-refractivity contribution in [2.75, 3.05) is 7.11 Å². The Balaban J connectivity index is 2.39. The fraction of sp³-hybridized carbons (Fsp3) is 0.316. The molecule has 0 radical (unpaired) electrons. The van der Waals surface area contributed by atoms with Crippen LogP contribution in [0, 0.1) is 6.92 Å². The largest absolute Gasteiger partial charge is 0.513 e. The highest BCUT2D eigenvalue weighted by atomic mass is 79.9. The summed E-state index contributed by atoms with van der Waals surface area (Å²) in [7, 11) is 1.07. The molecule has 0 N–H and O–H groups in total. The van der Waals surface area contributed by atoms with Crippen molar-refractivity contribution in [3.05, 3.63) is 57.1 Å². The molecular weight excluding hydrogens is 429 g/mol. The molecule has 146 valence electrons. The lowest BCUT2D eigenvalue weighted by atomic mass is 10.1. The first-order valence-electron chi connectivity index (χ1n) is 8.04. The molecule has 0 spiro atoms. The number of carbonyl (C=O) groups is 1. The van der Waals surface area contributed by atoms with Gasteiger partial charge in [0.05, 0.1) is 17.1 Å². The maximum absolute atomic E-state index is 13.4. The molecule has 0 saturated carbocycles. The smallest absolute Gasteiger partial charge is 0.488 e. The molecule has 0 aliphatic rings. The molecule has 0 heterocycles. The van der Waals surface area contributed by atoms with E-state index in [-0.39, 0.29) is 11.3 Å². The SMILES string of the molecule is CCc1cc(Br)c(OCc2c(OC(=O)OC)cccc2C(F)(F)F)cc1C. The first-order valence-corrected chi connectivity index (χ1v) is 8.83. The number of alkyl halides is 3. The Morgan fingerprint density at radius 2 is 1.89 bits per heavy atom. The van der Waals surface area contributed by atoms with Gasteiger partial charge in [0, 0.05) is 5.56 Å². The van der Waals surface area contributed by atoms with Crippen LogP contribution in [0.4, 0.5) is 18.0 Å². The van der Waals surface area contributed by atoms with Gasteiger partial charge in [-0.3, -0.25) is 0 Å². The van der Waals surface area contributed by atoms with Crippen molar-refractivity contribution in [3.63, 3.8) is 0 Å². The van der Waals surface area contributed by atoms with Gasteiger partial charge in [-0.25, -0.2) is 4.79 Å². The Hall–Kier alpha value is -2.22. The molecule has 0 amide bonds. The number of hydrogen-bond acceptors (Lipinski definition) is 4. The monoisotopic (exact) mass is 446 g/mol. The van der Waals surface area contributed by atoms with Crippen molar-refractivity contribution < 1.29 is 32.2 Å². The standard InChI is InChI=1S/C19H18BrF3O4/c1-4-12-9-15(20)17(8-11(12)2)26-10-13-14(19(21,22)23)6-5-7-16(13)27-18(24)25-3/h5-9H,4,10H2,1-3H3. The number of aryl methyl sites for hydroxylation is 2. The van der Waals surface area contributed by atoms with E-state index in [1.165, 1.54) is 6.07 Å². The first-order chi connectivity index (χ1) is 12.7. The number of ether oxygens (including phenoxy) is 3. The zero-order valence-electron chi connectivity index (χ0n) is 14.9. The number of halogens is 4. The summed E-state index contributed by atoms with van der Waals surface area (Å²) in [5.74, 6) is 0.125. The van der Waals surface area contributed by atoms with Gasteiger partial charge >= 0.3 is 12.3 Å². The molecule has 0 bridgehead atoms. The quantitative estimate of drug-likeness (QED) is 0.413. The maximum atomic E-state index is 13.4. The highest BCUT2D eigenvalue weighted by Gasteiger charge is 2.35. The van der Waals surface area contributed by atoms with Crippen LogP contribution in [0.5, 0.6) is 11.5 Å². The molecule has 0 atom stereocenters. The summed E-state index contributed by atoms with van der Waals surface area (Å²) < 4.78 is 55.6. The minimum atomic E-state index is -4.63. The summed E-state index contributed by atoms with van der Waals surface area (Å²) in [5, 5.41) is 0. The number of rotatable bonds is 5. The van der Waals surface area contributed by atoms with Crippen LogP contribution in [-0.4, -0.2) is 13.3 Å². The second-order valence-electron chi connectivity index (χ2n) is 5.69. The number of benzene rings is 2. The topological polar surface area (TPSA) is 44.8 Å². The predicted octanol–water partition coefficient (Wildman–Crippen LogP) is 6.06. The summed E-state index contributed by atoms with van der Waals surface area (Å²) in [6, 6.07) is 6.93. The first kappa shape index (κ1) is 21.1. The third kappa shape index (κ3) is 5.15. The van der Waals surface area contributed by atoms with E-state index in [0.29, 0.717) is 10.2 Å². The van der Waals surface area contributed by atoms with Crippen molar-refractivity contribution in [1.29, 1.82) is 0 Å². The van der Waals surface area contributed by atoms with Crippen LogP contribution in [0.3, 0.4) is 0 Å². The van der Waals surface area contributed by atoms with Crippen LogP contribution in [0.1, 0.15) is 29.2 Å². The summed E-state index contributed by atoms with van der Waals surface area (Å²) in [5.41, 5.74) is 0.826. The third-order valence-corrected chi connectivity index (χ3v) is 4.56. The van der Waals surface area contributed by atoms with Gasteiger partial charge in [0.2, 0.25) is 0 Å². The molecule has 2 aromatic carbocycles. The van der Waals surface area contributed by atoms with E-state index in [4.69, 9.17) is 9.47 Å². The Morgan fingerprint density at radius 3 is 2.48 bits per heavy atom. The zero-order valence-corrected chi connectivity index (χ0v) is 16.5. The Labute approximate surface area is 163 Å². The van der Waals surface area contributed by atoms with E-state index in [2.05, 4.69) is 20.7 Å². The second kappa shape index (κ2) is 8.65. The van der Waals surface area contributed by atoms with Crippen molar-refractivity contribution in [3.8, 4) is 11.5 Å². The van der Waals surface area contributed by atoms with Gasteiger partial charge in [0.15, 0.2) is 0 Å². The van der Waals surface area contributed by atoms with Crippen LogP contribution < -0.4 is 9.47 Å². The average Bonchev–Trinajstić information content (AvgIpc) is 2.61. The van der Waals surface area contributed by atoms with Crippen molar-refractivity contribution in [2.45, 2.75) is 33.1 Å². The normalized spacial score (nSPS) is 11.2. The van der Waals surface area contributed by atoms with Gasteiger partial charge in [0.1, 0.15) is 18.1 Å². The van der Waals surface area contributed by atoms with E-state index in [0.717, 1.165) is 36.8 Å². The van der Waals surface area contributed by atoms with Crippen LogP contribution in [0.2, 0.25) is 0 Å². The van der Waals surface area contributed by atoms with Gasteiger partial charge in [-0.1, -0.05) is 13.0 Å². The fourth-order valence-electron chi connectivity index (χ4n) is 2.54. The van der Waals surface area contributed by atoms with E-state index >= 15 is 0 Å². The van der Waals surface area contributed by atoms with E-state index < -0.39 is 24.5 Å². The minimum Gasteiger partial charge on any atom is -0.488 e. The summed E-state index contributed by atoms with van der Waals surface area (Å²) in [6.45, 7) is 3.46. The van der Waals surface area contributed by atoms with Crippen LogP contribution in [-0.2, 0) is 23.9 Å². The molecule has 27 heavy (non-hydrogen) atoms. The summed E-state index contributed by atoms with van der Waals surface area (Å²) in [4.78, 5) is 11.4. The van der Waals surface area contributed by atoms with Crippen LogP contribution in [0.15, 0.2) is 34.8 Å². The van der Waals surface area contributed by atoms with Gasteiger partial charge < -0.3 is 14.2 Å². The lowest BCUT2D eigenvalue weighted by Crippen LogP contribution is -2.15. The molecular formula is C19H18BrF3O4. The van der Waals surface area contributed by atoms with Gasteiger partial charge in [-0.2, -0.15) is 13.2 Å². The molecule has 2 aromatic rings. The van der Waals surface area contributed by atoms with Gasteiger partial charge in [-0.05, 0) is 64.7 Å². The Kier molecular flexibility index (Phi) is 6.75. The fourth-order valence-corrected chi connectivity index (χ4v) is 3.05. The lowest BCUT2D eigenvalue weighted by Gasteiger charge is -2.18. The Bertz CT molecular complexity index is 834. The van der Waals surface area contributed by atoms with E-state index in [1.807, 2.05) is 19.9 Å². The Morgan fingerprint density at radius 1 is 1.19 bits per heavy atom. The molecule has 8 heteroatoms. The van der Waals surface area contributed by atoms with Crippen LogP contribution in [0.25, 0.3) is 0 Å².